The van der Waals surface area contributed by atoms with Gasteiger partial charge in [0.25, 0.3) is 0 Å². The zero-order chi connectivity index (χ0) is 15.9. The Balaban J connectivity index is 2.22. The molecule has 0 bridgehead atoms. The summed E-state index contributed by atoms with van der Waals surface area (Å²) in [6.45, 7) is 12.9. The van der Waals surface area contributed by atoms with Crippen molar-refractivity contribution in [1.29, 1.82) is 0 Å². The minimum atomic E-state index is -1.86. The third-order valence-electron chi connectivity index (χ3n) is 5.32. The first-order valence-corrected chi connectivity index (χ1v) is 12.3. The highest BCUT2D eigenvalue weighted by Gasteiger charge is 2.50. The lowest BCUT2D eigenvalue weighted by atomic mass is 9.83. The Labute approximate surface area is 136 Å². The fourth-order valence-corrected chi connectivity index (χ4v) is 5.78. The van der Waals surface area contributed by atoms with E-state index >= 15 is 0 Å². The summed E-state index contributed by atoms with van der Waals surface area (Å²) in [5.74, 6) is 2.85. The summed E-state index contributed by atoms with van der Waals surface area (Å²) < 4.78 is 12.3. The van der Waals surface area contributed by atoms with Crippen LogP contribution in [0.5, 0.6) is 0 Å². The highest BCUT2D eigenvalue weighted by Crippen LogP contribution is 2.40. The molecule has 0 spiro atoms. The first-order chi connectivity index (χ1) is 9.53. The second-order valence-corrected chi connectivity index (χ2v) is 14.4. The zero-order valence-corrected chi connectivity index (χ0v) is 16.2. The van der Waals surface area contributed by atoms with E-state index in [2.05, 4.69) is 46.8 Å². The lowest BCUT2D eigenvalue weighted by Gasteiger charge is -2.32. The largest absolute Gasteiger partial charge is 0.486 e. The van der Waals surface area contributed by atoms with Gasteiger partial charge in [-0.25, -0.2) is 0 Å². The van der Waals surface area contributed by atoms with Gasteiger partial charge in [0.05, 0.1) is 11.2 Å². The van der Waals surface area contributed by atoms with Crippen LogP contribution < -0.4 is 0 Å². The quantitative estimate of drug-likeness (QED) is 0.529. The maximum absolute atomic E-state index is 6.81. The lowest BCUT2D eigenvalue weighted by Crippen LogP contribution is -2.41. The summed E-state index contributed by atoms with van der Waals surface area (Å²) in [5.41, 5.74) is -0.548. The van der Waals surface area contributed by atoms with Gasteiger partial charge in [0, 0.05) is 0 Å². The van der Waals surface area contributed by atoms with Crippen molar-refractivity contribution in [3.63, 3.8) is 0 Å². The molecule has 0 amide bonds. The molecule has 5 heteroatoms. The van der Waals surface area contributed by atoms with Crippen molar-refractivity contribution in [3.05, 3.63) is 11.2 Å². The molecule has 1 aliphatic carbocycles. The van der Waals surface area contributed by atoms with Crippen LogP contribution in [0, 0.1) is 5.92 Å². The zero-order valence-electron chi connectivity index (χ0n) is 14.5. The van der Waals surface area contributed by atoms with Gasteiger partial charge in [0.2, 0.25) is 0 Å². The van der Waals surface area contributed by atoms with Crippen LogP contribution in [-0.2, 0) is 9.31 Å². The Morgan fingerprint density at radius 1 is 1.05 bits per heavy atom. The van der Waals surface area contributed by atoms with Crippen molar-refractivity contribution >= 4 is 25.6 Å². The predicted molar refractivity (Wildman–Crippen MR) is 94.1 cm³/mol. The summed E-state index contributed by atoms with van der Waals surface area (Å²) in [6, 6.07) is 0. The topological polar surface area (TPSA) is 18.5 Å². The van der Waals surface area contributed by atoms with Gasteiger partial charge >= 0.3 is 7.12 Å². The van der Waals surface area contributed by atoms with Crippen molar-refractivity contribution in [2.24, 2.45) is 5.92 Å². The molecule has 0 aromatic heterocycles. The van der Waals surface area contributed by atoms with Crippen LogP contribution in [0.4, 0.5) is 0 Å². The predicted octanol–water partition coefficient (Wildman–Crippen LogP) is 5.11. The standard InChI is InChI=1S/C16H30BClO2Si/c1-15(2)16(3,4)20-17(19-15)12-14(21(5,6)18)13-10-8-7-9-11-13/h12-13H,7-11H2,1-6H3/b14-12-. The van der Waals surface area contributed by atoms with E-state index < -0.39 is 7.38 Å². The van der Waals surface area contributed by atoms with Gasteiger partial charge < -0.3 is 9.31 Å². The molecule has 0 N–H and O–H groups in total. The van der Waals surface area contributed by atoms with E-state index in [-0.39, 0.29) is 18.3 Å². The van der Waals surface area contributed by atoms with Crippen LogP contribution in [0.15, 0.2) is 11.2 Å². The smallest absolute Gasteiger partial charge is 0.400 e. The van der Waals surface area contributed by atoms with E-state index in [9.17, 15) is 0 Å². The van der Waals surface area contributed by atoms with Crippen molar-refractivity contribution in [1.82, 2.24) is 0 Å². The van der Waals surface area contributed by atoms with E-state index in [0.29, 0.717) is 5.92 Å². The van der Waals surface area contributed by atoms with Gasteiger partial charge in [-0.3, -0.25) is 0 Å². The molecule has 120 valence electrons. The van der Waals surface area contributed by atoms with Gasteiger partial charge in [-0.15, -0.1) is 0 Å². The van der Waals surface area contributed by atoms with Crippen LogP contribution in [-0.4, -0.2) is 25.7 Å². The average molecular weight is 329 g/mol. The fourth-order valence-electron chi connectivity index (χ4n) is 3.34. The highest BCUT2D eigenvalue weighted by molar-refractivity contribution is 7.23. The van der Waals surface area contributed by atoms with Crippen molar-refractivity contribution in [2.45, 2.75) is 84.1 Å². The van der Waals surface area contributed by atoms with Gasteiger partial charge in [0.15, 0.2) is 7.38 Å². The average Bonchev–Trinajstić information content (AvgIpc) is 2.54. The van der Waals surface area contributed by atoms with Crippen LogP contribution in [0.3, 0.4) is 0 Å². The Morgan fingerprint density at radius 2 is 1.52 bits per heavy atom. The summed E-state index contributed by atoms with van der Waals surface area (Å²) in [4.78, 5) is 0. The molecule has 0 radical (unpaired) electrons. The first-order valence-electron chi connectivity index (χ1n) is 8.30. The monoisotopic (exact) mass is 328 g/mol. The Kier molecular flexibility index (Phi) is 5.05. The molecule has 2 aliphatic rings. The number of allylic oxidation sites excluding steroid dienone is 1. The molecule has 1 saturated heterocycles. The maximum Gasteiger partial charge on any atom is 0.486 e. The summed E-state index contributed by atoms with van der Waals surface area (Å²) in [5, 5.41) is 1.43. The second-order valence-electron chi connectivity index (χ2n) is 8.05. The SMILES string of the molecule is CC1(C)OB(/C=C(/C2CCCCC2)[Si](C)(C)Cl)OC1(C)C. The third-order valence-corrected chi connectivity index (χ3v) is 7.92. The van der Waals surface area contributed by atoms with Gasteiger partial charge in [-0.05, 0) is 46.5 Å². The minimum Gasteiger partial charge on any atom is -0.400 e. The molecule has 2 rings (SSSR count). The second kappa shape index (κ2) is 6.03. The molecule has 2 fully saturated rings. The number of hydrogen-bond acceptors (Lipinski definition) is 2. The third kappa shape index (κ3) is 3.96. The summed E-state index contributed by atoms with van der Waals surface area (Å²) in [7, 11) is -2.11. The molecular formula is C16H30BClO2Si. The Hall–Kier alpha value is 0.232. The lowest BCUT2D eigenvalue weighted by molar-refractivity contribution is 0.00578. The normalized spacial score (nSPS) is 27.2. The van der Waals surface area contributed by atoms with Crippen molar-refractivity contribution < 1.29 is 9.31 Å². The molecule has 2 nitrogen and oxygen atoms in total. The van der Waals surface area contributed by atoms with E-state index in [1.54, 1.807) is 0 Å². The molecule has 1 saturated carbocycles. The number of halogens is 1. The molecule has 21 heavy (non-hydrogen) atoms. The molecule has 1 heterocycles. The molecular weight excluding hydrogens is 299 g/mol. The van der Waals surface area contributed by atoms with Crippen LogP contribution in [0.2, 0.25) is 13.1 Å². The molecule has 0 aromatic rings. The first kappa shape index (κ1) is 17.6. The molecule has 1 aliphatic heterocycles. The van der Waals surface area contributed by atoms with Gasteiger partial charge in [-0.1, -0.05) is 43.5 Å². The van der Waals surface area contributed by atoms with E-state index in [0.717, 1.165) is 0 Å². The minimum absolute atomic E-state index is 0.252. The van der Waals surface area contributed by atoms with Crippen molar-refractivity contribution in [3.8, 4) is 0 Å². The summed E-state index contributed by atoms with van der Waals surface area (Å²) in [6.07, 6.45) is 6.56. The van der Waals surface area contributed by atoms with Gasteiger partial charge in [0.1, 0.15) is 0 Å². The Bertz CT molecular complexity index is 393. The summed E-state index contributed by atoms with van der Waals surface area (Å²) >= 11 is 6.81. The fraction of sp³-hybridized carbons (Fsp3) is 0.875. The number of hydrogen-bond donors (Lipinski definition) is 0. The van der Waals surface area contributed by atoms with Crippen LogP contribution in [0.1, 0.15) is 59.8 Å². The van der Waals surface area contributed by atoms with E-state index in [1.165, 1.54) is 37.3 Å². The molecule has 0 aromatic carbocycles. The van der Waals surface area contributed by atoms with Gasteiger partial charge in [-0.2, -0.15) is 11.1 Å². The van der Waals surface area contributed by atoms with Crippen molar-refractivity contribution in [2.75, 3.05) is 0 Å². The van der Waals surface area contributed by atoms with E-state index in [1.807, 2.05) is 0 Å². The highest BCUT2D eigenvalue weighted by atomic mass is 35.6. The molecule has 0 unspecified atom stereocenters. The van der Waals surface area contributed by atoms with Crippen LogP contribution in [0.25, 0.3) is 0 Å². The van der Waals surface area contributed by atoms with Crippen LogP contribution >= 0.6 is 11.1 Å². The van der Waals surface area contributed by atoms with E-state index in [4.69, 9.17) is 20.4 Å². The Morgan fingerprint density at radius 3 is 1.95 bits per heavy atom. The maximum atomic E-state index is 6.81. The number of rotatable bonds is 3. The molecule has 0 atom stereocenters.